The van der Waals surface area contributed by atoms with E-state index in [-0.39, 0.29) is 49.2 Å². The van der Waals surface area contributed by atoms with Gasteiger partial charge in [-0.15, -0.1) is 11.5 Å². The Kier molecular flexibility index (Phi) is 23.2. The number of aryl methyl sites for hydroxylation is 2. The molecule has 0 aliphatic rings. The Bertz CT molecular complexity index is 807. The minimum atomic E-state index is 0. The van der Waals surface area contributed by atoms with Gasteiger partial charge in [0.25, 0.3) is 0 Å². The normalized spacial score (nSPS) is 11.1. The second-order valence-corrected chi connectivity index (χ2v) is 11.8. The summed E-state index contributed by atoms with van der Waals surface area (Å²) < 4.78 is 0. The molecule has 0 fully saturated rings. The minimum absolute atomic E-state index is 0. The maximum Gasteiger partial charge on any atom is 2.00 e. The molecule has 0 aliphatic heterocycles. The molecular formula is C37H58CaO2. The molecule has 0 aliphatic carbocycles. The summed E-state index contributed by atoms with van der Waals surface area (Å²) in [6, 6.07) is 11.4. The van der Waals surface area contributed by atoms with E-state index < -0.39 is 0 Å². The minimum Gasteiger partial charge on any atom is -0.872 e. The van der Waals surface area contributed by atoms with Crippen molar-refractivity contribution in [3.05, 3.63) is 58.7 Å². The van der Waals surface area contributed by atoms with Crippen molar-refractivity contribution in [2.24, 2.45) is 0 Å². The van der Waals surface area contributed by atoms with Gasteiger partial charge in [0.05, 0.1) is 0 Å². The van der Waals surface area contributed by atoms with Crippen LogP contribution in [0.5, 0.6) is 11.5 Å². The molecule has 2 aromatic rings. The number of hydrogen-bond donors (Lipinski definition) is 0. The monoisotopic (exact) mass is 574 g/mol. The first-order valence-electron chi connectivity index (χ1n) is 16.7. The smallest absolute Gasteiger partial charge is 0.872 e. The van der Waals surface area contributed by atoms with E-state index in [4.69, 9.17) is 0 Å². The zero-order valence-corrected chi connectivity index (χ0v) is 28.5. The van der Waals surface area contributed by atoms with Gasteiger partial charge < -0.3 is 10.2 Å². The number of hydrogen-bond acceptors (Lipinski definition) is 2. The molecule has 0 N–H and O–H groups in total. The van der Waals surface area contributed by atoms with E-state index in [2.05, 4.69) is 26.0 Å². The second kappa shape index (κ2) is 24.9. The zero-order valence-electron chi connectivity index (χ0n) is 26.3. The molecule has 0 radical (unpaired) electrons. The Morgan fingerprint density at radius 2 is 0.725 bits per heavy atom. The molecule has 0 heterocycles. The molecule has 0 bridgehead atoms. The van der Waals surface area contributed by atoms with Crippen molar-refractivity contribution in [3.8, 4) is 11.5 Å². The van der Waals surface area contributed by atoms with Crippen molar-refractivity contribution in [2.75, 3.05) is 0 Å². The Hall–Kier alpha value is -0.700. The number of unbranched alkanes of at least 4 members (excludes halogenated alkanes) is 18. The van der Waals surface area contributed by atoms with Crippen molar-refractivity contribution in [1.82, 2.24) is 0 Å². The average Bonchev–Trinajstić information content (AvgIpc) is 2.93. The van der Waals surface area contributed by atoms with Crippen LogP contribution in [-0.4, -0.2) is 37.7 Å². The second-order valence-electron chi connectivity index (χ2n) is 11.8. The van der Waals surface area contributed by atoms with Gasteiger partial charge in [0, 0.05) is 0 Å². The Morgan fingerprint density at radius 3 is 1.05 bits per heavy atom. The van der Waals surface area contributed by atoms with Crippen LogP contribution < -0.4 is 10.2 Å². The third kappa shape index (κ3) is 16.1. The molecule has 0 spiro atoms. The summed E-state index contributed by atoms with van der Waals surface area (Å²) in [5.74, 6) is 0.181. The molecule has 0 unspecified atom stereocenters. The molecule has 2 nitrogen and oxygen atoms in total. The van der Waals surface area contributed by atoms with E-state index in [1.165, 1.54) is 116 Å². The van der Waals surface area contributed by atoms with Gasteiger partial charge in [0.2, 0.25) is 0 Å². The molecule has 2 rings (SSSR count). The van der Waals surface area contributed by atoms with Gasteiger partial charge in [-0.05, 0) is 54.4 Å². The summed E-state index contributed by atoms with van der Waals surface area (Å²) in [4.78, 5) is 0. The average molecular weight is 575 g/mol. The third-order valence-corrected chi connectivity index (χ3v) is 8.41. The topological polar surface area (TPSA) is 46.1 Å². The summed E-state index contributed by atoms with van der Waals surface area (Å²) in [5.41, 5.74) is 3.99. The van der Waals surface area contributed by atoms with Crippen LogP contribution in [-0.2, 0) is 19.3 Å². The van der Waals surface area contributed by atoms with Gasteiger partial charge in [0.1, 0.15) is 0 Å². The van der Waals surface area contributed by atoms with Gasteiger partial charge >= 0.3 is 37.7 Å². The van der Waals surface area contributed by atoms with Crippen molar-refractivity contribution >= 4 is 37.7 Å². The fourth-order valence-electron chi connectivity index (χ4n) is 5.87. The molecule has 3 heteroatoms. The Balaban J connectivity index is 0.00000800. The molecule has 2 aromatic carbocycles. The standard InChI is InChI=1S/C37H60O2.Ca/c1-3-5-7-9-11-13-15-17-19-21-25-32-27-23-29-36(38)34(32)31-35-33(28-24-30-37(35)39)26-22-20-18-16-14-12-10-8-6-4-2;/h23-24,27-30,38-39H,3-22,25-26,31H2,1-2H3;/q;+2/p-2. The molecule has 0 saturated carbocycles. The van der Waals surface area contributed by atoms with Crippen LogP contribution in [0.3, 0.4) is 0 Å². The van der Waals surface area contributed by atoms with Crippen molar-refractivity contribution in [2.45, 2.75) is 162 Å². The van der Waals surface area contributed by atoms with Gasteiger partial charge in [-0.3, -0.25) is 0 Å². The molecule has 0 saturated heterocycles. The predicted octanol–water partition coefficient (Wildman–Crippen LogP) is 9.97. The first-order valence-corrected chi connectivity index (χ1v) is 16.7. The maximum absolute atomic E-state index is 12.9. The van der Waals surface area contributed by atoms with E-state index >= 15 is 0 Å². The van der Waals surface area contributed by atoms with Crippen LogP contribution in [0.25, 0.3) is 0 Å². The van der Waals surface area contributed by atoms with E-state index in [0.29, 0.717) is 6.42 Å². The maximum atomic E-state index is 12.9. The van der Waals surface area contributed by atoms with Crippen molar-refractivity contribution < 1.29 is 10.2 Å². The molecule has 220 valence electrons. The first kappa shape index (κ1) is 37.3. The SMILES string of the molecule is CCCCCCCCCCCCc1cccc([O-])c1Cc1c([O-])cccc1CCCCCCCCCCCC.[Ca+2]. The quantitative estimate of drug-likeness (QED) is 0.0925. The molecule has 0 amide bonds. The summed E-state index contributed by atoms with van der Waals surface area (Å²) in [6.07, 6.45) is 28.6. The van der Waals surface area contributed by atoms with Crippen LogP contribution in [0, 0.1) is 0 Å². The van der Waals surface area contributed by atoms with Crippen LogP contribution in [0.4, 0.5) is 0 Å². The van der Waals surface area contributed by atoms with Crippen LogP contribution in [0.15, 0.2) is 36.4 Å². The van der Waals surface area contributed by atoms with Gasteiger partial charge in [-0.25, -0.2) is 0 Å². The van der Waals surface area contributed by atoms with E-state index in [9.17, 15) is 10.2 Å². The van der Waals surface area contributed by atoms with Crippen LogP contribution in [0.2, 0.25) is 0 Å². The fraction of sp³-hybridized carbons (Fsp3) is 0.676. The van der Waals surface area contributed by atoms with E-state index in [1.54, 1.807) is 12.1 Å². The molecule has 0 atom stereocenters. The largest absolute Gasteiger partial charge is 2.00 e. The zero-order chi connectivity index (χ0) is 28.0. The summed E-state index contributed by atoms with van der Waals surface area (Å²) in [5, 5.41) is 25.8. The molecular weight excluding hydrogens is 516 g/mol. The first-order chi connectivity index (χ1) is 19.2. The van der Waals surface area contributed by atoms with Crippen LogP contribution in [0.1, 0.15) is 165 Å². The molecule has 0 aromatic heterocycles. The van der Waals surface area contributed by atoms with E-state index in [1.807, 2.05) is 12.1 Å². The van der Waals surface area contributed by atoms with Gasteiger partial charge in [-0.2, -0.15) is 0 Å². The summed E-state index contributed by atoms with van der Waals surface area (Å²) in [7, 11) is 0. The van der Waals surface area contributed by atoms with Crippen molar-refractivity contribution in [3.63, 3.8) is 0 Å². The summed E-state index contributed by atoms with van der Waals surface area (Å²) >= 11 is 0. The van der Waals surface area contributed by atoms with Crippen molar-refractivity contribution in [1.29, 1.82) is 0 Å². The fourth-order valence-corrected chi connectivity index (χ4v) is 5.87. The van der Waals surface area contributed by atoms with E-state index in [0.717, 1.165) is 47.9 Å². The summed E-state index contributed by atoms with van der Waals surface area (Å²) in [6.45, 7) is 4.54. The Morgan fingerprint density at radius 1 is 0.425 bits per heavy atom. The Labute approximate surface area is 277 Å². The van der Waals surface area contributed by atoms with Gasteiger partial charge in [0.15, 0.2) is 0 Å². The van der Waals surface area contributed by atoms with Gasteiger partial charge in [-0.1, -0.05) is 166 Å². The third-order valence-electron chi connectivity index (χ3n) is 8.41. The predicted molar refractivity (Wildman–Crippen MR) is 171 cm³/mol. The molecule has 40 heavy (non-hydrogen) atoms. The number of rotatable bonds is 24. The van der Waals surface area contributed by atoms with Crippen LogP contribution >= 0.6 is 0 Å². The number of benzene rings is 2.